The molecule has 9 nitrogen and oxygen atoms in total. The molecular weight excluding hydrogens is 506 g/mol. The number of nitrogens with one attached hydrogen (secondary N) is 1. The Morgan fingerprint density at radius 1 is 1.05 bits per heavy atom. The van der Waals surface area contributed by atoms with Crippen LogP contribution in [0.4, 0.5) is 4.79 Å². The van der Waals surface area contributed by atoms with Crippen molar-refractivity contribution in [2.45, 2.75) is 77.9 Å². The van der Waals surface area contributed by atoms with E-state index in [4.69, 9.17) is 10.5 Å². The molecule has 1 aromatic carbocycles. The van der Waals surface area contributed by atoms with Crippen LogP contribution in [0.5, 0.6) is 0 Å². The van der Waals surface area contributed by atoms with Crippen LogP contribution in [0.15, 0.2) is 61.2 Å². The van der Waals surface area contributed by atoms with Crippen molar-refractivity contribution in [3.63, 3.8) is 0 Å². The number of amides is 3. The Kier molecular flexibility index (Phi) is 10.7. The van der Waals surface area contributed by atoms with Crippen LogP contribution in [0.3, 0.4) is 0 Å². The molecule has 0 bridgehead atoms. The van der Waals surface area contributed by atoms with Gasteiger partial charge in [-0.3, -0.25) is 9.59 Å². The number of imidazole rings is 1. The quantitative estimate of drug-likeness (QED) is 0.422. The van der Waals surface area contributed by atoms with Crippen molar-refractivity contribution in [2.75, 3.05) is 13.1 Å². The normalized spacial score (nSPS) is 14.8. The summed E-state index contributed by atoms with van der Waals surface area (Å²) in [6, 6.07) is 13.7. The Bertz CT molecular complexity index is 1260. The van der Waals surface area contributed by atoms with Crippen molar-refractivity contribution in [3.05, 3.63) is 72.3 Å². The number of likely N-dealkylation sites (tertiary alicyclic amines) is 1. The molecule has 2 aromatic heterocycles. The highest BCUT2D eigenvalue weighted by Gasteiger charge is 2.26. The third kappa shape index (κ3) is 9.10. The number of aromatic nitrogens is 2. The largest absolute Gasteiger partial charge is 0.444 e. The predicted octanol–water partition coefficient (Wildman–Crippen LogP) is 5.16. The molecule has 40 heavy (non-hydrogen) atoms. The number of pyridine rings is 1. The number of carbonyl (C=O) groups excluding carboxylic acids is 3. The lowest BCUT2D eigenvalue weighted by atomic mass is 9.89. The van der Waals surface area contributed by atoms with Crippen molar-refractivity contribution >= 4 is 23.4 Å². The summed E-state index contributed by atoms with van der Waals surface area (Å²) >= 11 is 0. The molecule has 1 saturated heterocycles. The molecule has 4 rings (SSSR count). The average molecular weight is 550 g/mol. The SMILES string of the molecule is CC(C)CCC(NC(=O)OC(C)(C)C)C(N)=O.O=C(c1cccn2cncc12)N1CCC(c2ccccc2)CC1. The molecule has 1 aliphatic heterocycles. The lowest BCUT2D eigenvalue weighted by Crippen LogP contribution is -2.46. The zero-order valence-corrected chi connectivity index (χ0v) is 24.3. The number of hydrogen-bond acceptors (Lipinski definition) is 5. The number of hydrogen-bond donors (Lipinski definition) is 2. The van der Waals surface area contributed by atoms with Crippen LogP contribution in [-0.2, 0) is 9.53 Å². The maximum absolute atomic E-state index is 12.8. The van der Waals surface area contributed by atoms with Crippen LogP contribution in [-0.4, -0.2) is 56.9 Å². The van der Waals surface area contributed by atoms with E-state index in [1.54, 1.807) is 33.3 Å². The lowest BCUT2D eigenvalue weighted by molar-refractivity contribution is -0.120. The smallest absolute Gasteiger partial charge is 0.408 e. The van der Waals surface area contributed by atoms with Crippen molar-refractivity contribution in [1.29, 1.82) is 0 Å². The van der Waals surface area contributed by atoms with E-state index in [0.29, 0.717) is 18.3 Å². The summed E-state index contributed by atoms with van der Waals surface area (Å²) in [5.41, 5.74) is 7.65. The lowest BCUT2D eigenvalue weighted by Gasteiger charge is -2.32. The highest BCUT2D eigenvalue weighted by Crippen LogP contribution is 2.28. The van der Waals surface area contributed by atoms with Crippen LogP contribution < -0.4 is 11.1 Å². The second kappa shape index (κ2) is 14.0. The van der Waals surface area contributed by atoms with Crippen molar-refractivity contribution in [3.8, 4) is 0 Å². The molecule has 1 unspecified atom stereocenters. The van der Waals surface area contributed by atoms with Crippen molar-refractivity contribution in [1.82, 2.24) is 19.6 Å². The summed E-state index contributed by atoms with van der Waals surface area (Å²) in [4.78, 5) is 41.6. The van der Waals surface area contributed by atoms with Gasteiger partial charge < -0.3 is 25.1 Å². The molecule has 0 saturated carbocycles. The number of nitrogens with zero attached hydrogens (tertiary/aromatic N) is 3. The summed E-state index contributed by atoms with van der Waals surface area (Å²) in [6.07, 6.45) is 8.20. The van der Waals surface area contributed by atoms with E-state index in [-0.39, 0.29) is 5.91 Å². The number of alkyl carbamates (subject to hydrolysis) is 1. The molecule has 0 aliphatic carbocycles. The van der Waals surface area contributed by atoms with Gasteiger partial charge in [0.2, 0.25) is 5.91 Å². The van der Waals surface area contributed by atoms with Gasteiger partial charge in [-0.25, -0.2) is 9.78 Å². The summed E-state index contributed by atoms with van der Waals surface area (Å²) < 4.78 is 6.96. The van der Waals surface area contributed by atoms with Gasteiger partial charge in [0.15, 0.2) is 0 Å². The zero-order valence-electron chi connectivity index (χ0n) is 24.3. The minimum Gasteiger partial charge on any atom is -0.444 e. The first kappa shape index (κ1) is 30.7. The first-order valence-electron chi connectivity index (χ1n) is 14.0. The maximum atomic E-state index is 12.8. The van der Waals surface area contributed by atoms with Crippen LogP contribution in [0.1, 0.15) is 82.1 Å². The van der Waals surface area contributed by atoms with E-state index in [9.17, 15) is 14.4 Å². The number of ether oxygens (including phenoxy) is 1. The van der Waals surface area contributed by atoms with E-state index in [1.165, 1.54) is 5.56 Å². The predicted molar refractivity (Wildman–Crippen MR) is 156 cm³/mol. The van der Waals surface area contributed by atoms with Crippen molar-refractivity contribution < 1.29 is 19.1 Å². The molecule has 3 aromatic rings. The first-order valence-corrected chi connectivity index (χ1v) is 14.0. The van der Waals surface area contributed by atoms with Crippen LogP contribution in [0.2, 0.25) is 0 Å². The third-order valence-corrected chi connectivity index (χ3v) is 6.80. The molecule has 1 fully saturated rings. The summed E-state index contributed by atoms with van der Waals surface area (Å²) in [7, 11) is 0. The second-order valence-electron chi connectivity index (χ2n) is 11.7. The number of nitrogens with two attached hydrogens (primary N) is 1. The number of rotatable bonds is 7. The van der Waals surface area contributed by atoms with Crippen LogP contribution in [0.25, 0.3) is 5.52 Å². The molecule has 3 amide bonds. The Labute approximate surface area is 237 Å². The number of carbonyl (C=O) groups is 3. The molecule has 1 atom stereocenters. The molecule has 9 heteroatoms. The van der Waals surface area contributed by atoms with E-state index in [0.717, 1.165) is 43.4 Å². The zero-order chi connectivity index (χ0) is 29.3. The molecule has 0 radical (unpaired) electrons. The maximum Gasteiger partial charge on any atom is 0.408 e. The standard InChI is InChI=1S/C19H19N3O.C12H24N2O3/c23-19(17-7-4-10-22-14-20-13-18(17)22)21-11-8-16(9-12-21)15-5-2-1-3-6-15;1-8(2)6-7-9(10(13)15)14-11(16)17-12(3,4)5/h1-7,10,13-14,16H,8-9,11-12H2;8-9H,6-7H2,1-5H3,(H2,13,15)(H,14,16). The molecule has 3 N–H and O–H groups in total. The van der Waals surface area contributed by atoms with Gasteiger partial charge in [-0.15, -0.1) is 0 Å². The molecule has 216 valence electrons. The van der Waals surface area contributed by atoms with E-state index < -0.39 is 23.6 Å². The fraction of sp³-hybridized carbons (Fsp3) is 0.484. The van der Waals surface area contributed by atoms with Gasteiger partial charge in [-0.05, 0) is 76.0 Å². The van der Waals surface area contributed by atoms with Gasteiger partial charge in [0.05, 0.1) is 23.6 Å². The highest BCUT2D eigenvalue weighted by molar-refractivity contribution is 6.00. The van der Waals surface area contributed by atoms with E-state index in [2.05, 4.69) is 34.6 Å². The Morgan fingerprint density at radius 2 is 1.73 bits per heavy atom. The highest BCUT2D eigenvalue weighted by atomic mass is 16.6. The van der Waals surface area contributed by atoms with Gasteiger partial charge in [0.25, 0.3) is 5.91 Å². The van der Waals surface area contributed by atoms with E-state index in [1.807, 2.05) is 47.5 Å². The van der Waals surface area contributed by atoms with Gasteiger partial charge in [-0.1, -0.05) is 44.2 Å². The minimum atomic E-state index is -0.660. The average Bonchev–Trinajstić information content (AvgIpc) is 3.40. The molecule has 0 spiro atoms. The van der Waals surface area contributed by atoms with Gasteiger partial charge in [-0.2, -0.15) is 0 Å². The van der Waals surface area contributed by atoms with Crippen molar-refractivity contribution in [2.24, 2.45) is 11.7 Å². The minimum absolute atomic E-state index is 0.114. The molecule has 1 aliphatic rings. The Morgan fingerprint density at radius 3 is 2.33 bits per heavy atom. The van der Waals surface area contributed by atoms with Gasteiger partial charge >= 0.3 is 6.09 Å². The van der Waals surface area contributed by atoms with Gasteiger partial charge in [0, 0.05) is 19.3 Å². The monoisotopic (exact) mass is 549 g/mol. The summed E-state index contributed by atoms with van der Waals surface area (Å²) in [5.74, 6) is 0.599. The van der Waals surface area contributed by atoms with Crippen LogP contribution in [0, 0.1) is 5.92 Å². The number of fused-ring (bicyclic) bond motifs is 1. The fourth-order valence-corrected chi connectivity index (χ4v) is 4.68. The number of benzene rings is 1. The molecular formula is C31H43N5O4. The number of primary amides is 1. The second-order valence-corrected chi connectivity index (χ2v) is 11.7. The first-order chi connectivity index (χ1) is 18.9. The van der Waals surface area contributed by atoms with Gasteiger partial charge in [0.1, 0.15) is 11.6 Å². The summed E-state index contributed by atoms with van der Waals surface area (Å²) in [5, 5.41) is 2.49. The fourth-order valence-electron chi connectivity index (χ4n) is 4.68. The van der Waals surface area contributed by atoms with E-state index >= 15 is 0 Å². The Hall–Kier alpha value is -3.88. The molecule has 3 heterocycles. The van der Waals surface area contributed by atoms with Crippen LogP contribution >= 0.6 is 0 Å². The Balaban J connectivity index is 0.000000234. The number of piperidine rings is 1. The summed E-state index contributed by atoms with van der Waals surface area (Å²) in [6.45, 7) is 11.0. The third-order valence-electron chi connectivity index (χ3n) is 6.80. The topological polar surface area (TPSA) is 119 Å².